The highest BCUT2D eigenvalue weighted by molar-refractivity contribution is 6.30. The molecule has 2 nitrogen and oxygen atoms in total. The molecule has 0 aliphatic carbocycles. The van der Waals surface area contributed by atoms with Crippen LogP contribution in [0.1, 0.15) is 5.56 Å². The fourth-order valence-electron chi connectivity index (χ4n) is 1.30. The number of hydrogen-bond donors (Lipinski definition) is 1. The monoisotopic (exact) mass is 249 g/mol. The summed E-state index contributed by atoms with van der Waals surface area (Å²) in [5, 5.41) is 10.0. The lowest BCUT2D eigenvalue weighted by molar-refractivity contribution is 0.477. The highest BCUT2D eigenvalue weighted by Gasteiger charge is 1.99. The molecule has 17 heavy (non-hydrogen) atoms. The smallest absolute Gasteiger partial charge is 0.142 e. The Morgan fingerprint density at radius 3 is 2.47 bits per heavy atom. The summed E-state index contributed by atoms with van der Waals surface area (Å²) in [5.74, 6) is -0.285. The molecule has 1 N–H and O–H groups in total. The molecule has 4 heteroatoms. The summed E-state index contributed by atoms with van der Waals surface area (Å²) >= 11 is 5.70. The Labute approximate surface area is 103 Å². The minimum atomic E-state index is -0.295. The molecule has 0 heterocycles. The number of rotatable bonds is 2. The van der Waals surface area contributed by atoms with Gasteiger partial charge in [0.05, 0.1) is 0 Å². The largest absolute Gasteiger partial charge is 0.506 e. The Bertz CT molecular complexity index is 552. The minimum absolute atomic E-state index is 0.0101. The fraction of sp³-hybridized carbons (Fsp3) is 0. The van der Waals surface area contributed by atoms with Gasteiger partial charge in [-0.3, -0.25) is 4.99 Å². The first-order valence-electron chi connectivity index (χ1n) is 4.93. The maximum absolute atomic E-state index is 12.7. The van der Waals surface area contributed by atoms with Crippen molar-refractivity contribution in [2.45, 2.75) is 0 Å². The Morgan fingerprint density at radius 2 is 1.82 bits per heavy atom. The van der Waals surface area contributed by atoms with Crippen LogP contribution in [0.4, 0.5) is 10.1 Å². The van der Waals surface area contributed by atoms with Crippen molar-refractivity contribution in [2.24, 2.45) is 4.99 Å². The molecule has 0 saturated heterocycles. The molecule has 2 aromatic rings. The first kappa shape index (κ1) is 11.6. The molecular formula is C13H9ClFNO. The summed E-state index contributed by atoms with van der Waals surface area (Å²) in [7, 11) is 0. The summed E-state index contributed by atoms with van der Waals surface area (Å²) in [6.45, 7) is 0. The van der Waals surface area contributed by atoms with Crippen LogP contribution >= 0.6 is 11.6 Å². The lowest BCUT2D eigenvalue weighted by Crippen LogP contribution is -1.81. The number of benzene rings is 2. The number of nitrogens with zero attached hydrogens (tertiary/aromatic N) is 1. The van der Waals surface area contributed by atoms with Gasteiger partial charge in [0.1, 0.15) is 17.3 Å². The highest BCUT2D eigenvalue weighted by Crippen LogP contribution is 2.28. The van der Waals surface area contributed by atoms with E-state index in [4.69, 9.17) is 11.6 Å². The van der Waals surface area contributed by atoms with Crippen molar-refractivity contribution in [3.8, 4) is 5.75 Å². The Kier molecular flexibility index (Phi) is 3.40. The van der Waals surface area contributed by atoms with Crippen molar-refractivity contribution >= 4 is 23.5 Å². The standard InChI is InChI=1S/C13H9ClFNO/c14-10-3-6-12(13(17)7-10)16-8-9-1-4-11(15)5-2-9/h1-8,17H. The van der Waals surface area contributed by atoms with Gasteiger partial charge in [-0.15, -0.1) is 0 Å². The van der Waals surface area contributed by atoms with Crippen LogP contribution in [-0.2, 0) is 0 Å². The quantitative estimate of drug-likeness (QED) is 0.804. The lowest BCUT2D eigenvalue weighted by atomic mass is 10.2. The van der Waals surface area contributed by atoms with Gasteiger partial charge in [-0.2, -0.15) is 0 Å². The number of halogens is 2. The van der Waals surface area contributed by atoms with E-state index in [1.54, 1.807) is 30.5 Å². The van der Waals surface area contributed by atoms with E-state index in [0.29, 0.717) is 10.7 Å². The molecule has 0 saturated carbocycles. The van der Waals surface area contributed by atoms with Gasteiger partial charge in [0.2, 0.25) is 0 Å². The summed E-state index contributed by atoms with van der Waals surface area (Å²) < 4.78 is 12.7. The molecule has 0 fully saturated rings. The van der Waals surface area contributed by atoms with E-state index in [1.165, 1.54) is 18.2 Å². The normalized spacial score (nSPS) is 10.9. The molecular weight excluding hydrogens is 241 g/mol. The maximum Gasteiger partial charge on any atom is 0.142 e. The van der Waals surface area contributed by atoms with Crippen LogP contribution in [0.25, 0.3) is 0 Å². The molecule has 2 rings (SSSR count). The van der Waals surface area contributed by atoms with Crippen LogP contribution in [0.5, 0.6) is 5.75 Å². The van der Waals surface area contributed by atoms with Crippen molar-refractivity contribution in [1.82, 2.24) is 0 Å². The van der Waals surface area contributed by atoms with Crippen molar-refractivity contribution < 1.29 is 9.50 Å². The third-order valence-corrected chi connectivity index (χ3v) is 2.40. The highest BCUT2D eigenvalue weighted by atomic mass is 35.5. The number of aliphatic imine (C=N–C) groups is 1. The first-order chi connectivity index (χ1) is 8.15. The lowest BCUT2D eigenvalue weighted by Gasteiger charge is -1.98. The maximum atomic E-state index is 12.7. The van der Waals surface area contributed by atoms with E-state index < -0.39 is 0 Å². The number of phenols is 1. The van der Waals surface area contributed by atoms with Crippen molar-refractivity contribution in [3.63, 3.8) is 0 Å². The Hall–Kier alpha value is -1.87. The van der Waals surface area contributed by atoms with Crippen LogP contribution in [0.15, 0.2) is 47.5 Å². The molecule has 0 aliphatic rings. The zero-order valence-electron chi connectivity index (χ0n) is 8.77. The summed E-state index contributed by atoms with van der Waals surface area (Å²) in [6, 6.07) is 10.6. The summed E-state index contributed by atoms with van der Waals surface area (Å²) in [4.78, 5) is 4.09. The van der Waals surface area contributed by atoms with E-state index in [-0.39, 0.29) is 11.6 Å². The zero-order chi connectivity index (χ0) is 12.3. The number of hydrogen-bond acceptors (Lipinski definition) is 2. The predicted molar refractivity (Wildman–Crippen MR) is 66.8 cm³/mol. The van der Waals surface area contributed by atoms with Crippen molar-refractivity contribution in [3.05, 3.63) is 58.9 Å². The molecule has 0 atom stereocenters. The molecule has 0 aliphatic heterocycles. The van der Waals surface area contributed by atoms with Crippen molar-refractivity contribution in [1.29, 1.82) is 0 Å². The van der Waals surface area contributed by atoms with Gasteiger partial charge in [0, 0.05) is 17.3 Å². The second-order valence-corrected chi connectivity index (χ2v) is 3.88. The number of aromatic hydroxyl groups is 1. The Balaban J connectivity index is 2.23. The second kappa shape index (κ2) is 4.97. The van der Waals surface area contributed by atoms with E-state index in [2.05, 4.69) is 4.99 Å². The zero-order valence-corrected chi connectivity index (χ0v) is 9.53. The average molecular weight is 250 g/mol. The van der Waals surface area contributed by atoms with Gasteiger partial charge in [0.15, 0.2) is 0 Å². The van der Waals surface area contributed by atoms with E-state index in [9.17, 15) is 9.50 Å². The van der Waals surface area contributed by atoms with E-state index >= 15 is 0 Å². The van der Waals surface area contributed by atoms with Gasteiger partial charge in [-0.25, -0.2) is 4.39 Å². The molecule has 2 aromatic carbocycles. The Morgan fingerprint density at radius 1 is 1.12 bits per heavy atom. The van der Waals surface area contributed by atoms with E-state index in [0.717, 1.165) is 5.56 Å². The van der Waals surface area contributed by atoms with Gasteiger partial charge in [-0.1, -0.05) is 23.7 Å². The average Bonchev–Trinajstić information content (AvgIpc) is 2.30. The first-order valence-corrected chi connectivity index (χ1v) is 5.31. The molecule has 0 radical (unpaired) electrons. The van der Waals surface area contributed by atoms with Crippen molar-refractivity contribution in [2.75, 3.05) is 0 Å². The summed E-state index contributed by atoms with van der Waals surface area (Å²) in [5.41, 5.74) is 1.17. The fourth-order valence-corrected chi connectivity index (χ4v) is 1.47. The molecule has 0 amide bonds. The van der Waals surface area contributed by atoms with Crippen LogP contribution in [0, 0.1) is 5.82 Å². The topological polar surface area (TPSA) is 32.6 Å². The molecule has 86 valence electrons. The molecule has 0 aromatic heterocycles. The van der Waals surface area contributed by atoms with Gasteiger partial charge >= 0.3 is 0 Å². The summed E-state index contributed by atoms with van der Waals surface area (Å²) in [6.07, 6.45) is 1.54. The third-order valence-electron chi connectivity index (χ3n) is 2.16. The van der Waals surface area contributed by atoms with Gasteiger partial charge < -0.3 is 5.11 Å². The van der Waals surface area contributed by atoms with E-state index in [1.807, 2.05) is 0 Å². The molecule has 0 bridgehead atoms. The SMILES string of the molecule is Oc1cc(Cl)ccc1N=Cc1ccc(F)cc1. The minimum Gasteiger partial charge on any atom is -0.506 e. The van der Waals surface area contributed by atoms with Crippen LogP contribution in [0.3, 0.4) is 0 Å². The van der Waals surface area contributed by atoms with Crippen LogP contribution < -0.4 is 0 Å². The van der Waals surface area contributed by atoms with Crippen LogP contribution in [-0.4, -0.2) is 11.3 Å². The third kappa shape index (κ3) is 3.04. The van der Waals surface area contributed by atoms with Crippen LogP contribution in [0.2, 0.25) is 5.02 Å². The molecule has 0 unspecified atom stereocenters. The van der Waals surface area contributed by atoms with Gasteiger partial charge in [0.25, 0.3) is 0 Å². The van der Waals surface area contributed by atoms with Gasteiger partial charge in [-0.05, 0) is 29.8 Å². The predicted octanol–water partition coefficient (Wildman–Crippen LogP) is 3.94. The number of phenolic OH excluding ortho intramolecular Hbond substituents is 1. The molecule has 0 spiro atoms. The second-order valence-electron chi connectivity index (χ2n) is 3.44.